The molecule has 0 amide bonds. The van der Waals surface area contributed by atoms with Crippen LogP contribution < -0.4 is 5.73 Å². The smallest absolute Gasteiger partial charge is 0.0707 e. The van der Waals surface area contributed by atoms with Gasteiger partial charge in [-0.1, -0.05) is 13.3 Å². The highest BCUT2D eigenvalue weighted by molar-refractivity contribution is 5.00. The molecule has 3 fully saturated rings. The van der Waals surface area contributed by atoms with Crippen LogP contribution >= 0.6 is 0 Å². The highest BCUT2D eigenvalue weighted by atomic mass is 16.5. The Morgan fingerprint density at radius 3 is 2.63 bits per heavy atom. The van der Waals surface area contributed by atoms with Gasteiger partial charge in [-0.15, -0.1) is 0 Å². The molecule has 0 aromatic rings. The maximum atomic E-state index is 6.20. The van der Waals surface area contributed by atoms with E-state index in [1.807, 2.05) is 0 Å². The summed E-state index contributed by atoms with van der Waals surface area (Å²) in [4.78, 5) is 2.64. The van der Waals surface area contributed by atoms with Gasteiger partial charge < -0.3 is 15.2 Å². The summed E-state index contributed by atoms with van der Waals surface area (Å²) in [7, 11) is 0. The van der Waals surface area contributed by atoms with Gasteiger partial charge in [-0.05, 0) is 32.1 Å². The zero-order valence-electron chi connectivity index (χ0n) is 12.1. The molecule has 4 heteroatoms. The summed E-state index contributed by atoms with van der Waals surface area (Å²) in [6.07, 6.45) is 8.33. The molecule has 3 rings (SSSR count). The molecule has 3 aliphatic rings. The summed E-state index contributed by atoms with van der Waals surface area (Å²) < 4.78 is 11.9. The summed E-state index contributed by atoms with van der Waals surface area (Å²) >= 11 is 0. The molecule has 19 heavy (non-hydrogen) atoms. The zero-order chi connectivity index (χ0) is 13.3. The van der Waals surface area contributed by atoms with Crippen LogP contribution in [0.5, 0.6) is 0 Å². The average molecular weight is 268 g/mol. The predicted octanol–water partition coefficient (Wildman–Crippen LogP) is 1.53. The van der Waals surface area contributed by atoms with E-state index in [0.717, 1.165) is 39.1 Å². The first-order chi connectivity index (χ1) is 9.25. The monoisotopic (exact) mass is 268 g/mol. The molecule has 0 aromatic heterocycles. The van der Waals surface area contributed by atoms with E-state index in [1.54, 1.807) is 0 Å². The molecule has 0 saturated carbocycles. The molecule has 0 radical (unpaired) electrons. The van der Waals surface area contributed by atoms with E-state index in [4.69, 9.17) is 15.2 Å². The lowest BCUT2D eigenvalue weighted by molar-refractivity contribution is -0.122. The van der Waals surface area contributed by atoms with Crippen molar-refractivity contribution in [2.75, 3.05) is 26.2 Å². The Labute approximate surface area is 116 Å². The van der Waals surface area contributed by atoms with Gasteiger partial charge in [0.05, 0.1) is 18.3 Å². The Bertz CT molecular complexity index is 299. The van der Waals surface area contributed by atoms with Crippen molar-refractivity contribution in [2.45, 2.75) is 69.3 Å². The van der Waals surface area contributed by atoms with Crippen LogP contribution in [0.3, 0.4) is 0 Å². The Hall–Kier alpha value is -0.160. The van der Waals surface area contributed by atoms with Crippen molar-refractivity contribution >= 4 is 0 Å². The molecule has 4 nitrogen and oxygen atoms in total. The van der Waals surface area contributed by atoms with Crippen LogP contribution in [-0.2, 0) is 9.47 Å². The van der Waals surface area contributed by atoms with Crippen molar-refractivity contribution in [1.82, 2.24) is 4.90 Å². The first kappa shape index (κ1) is 13.8. The number of nitrogens with two attached hydrogens (primary N) is 1. The van der Waals surface area contributed by atoms with Crippen LogP contribution in [0.1, 0.15) is 45.4 Å². The van der Waals surface area contributed by atoms with Gasteiger partial charge in [0.15, 0.2) is 0 Å². The molecule has 0 spiro atoms. The molecule has 3 heterocycles. The lowest BCUT2D eigenvalue weighted by atomic mass is 9.83. The van der Waals surface area contributed by atoms with E-state index in [2.05, 4.69) is 11.8 Å². The number of likely N-dealkylation sites (tertiary alicyclic amines) is 1. The van der Waals surface area contributed by atoms with Gasteiger partial charge in [0.2, 0.25) is 0 Å². The molecular formula is C15H28N2O2. The average Bonchev–Trinajstić information content (AvgIpc) is 2.78. The van der Waals surface area contributed by atoms with Crippen molar-refractivity contribution in [3.8, 4) is 0 Å². The lowest BCUT2D eigenvalue weighted by Gasteiger charge is -2.50. The highest BCUT2D eigenvalue weighted by Crippen LogP contribution is 2.37. The van der Waals surface area contributed by atoms with Gasteiger partial charge in [-0.25, -0.2) is 0 Å². The summed E-state index contributed by atoms with van der Waals surface area (Å²) in [6, 6.07) is 0. The van der Waals surface area contributed by atoms with Gasteiger partial charge >= 0.3 is 0 Å². The number of fused-ring (bicyclic) bond motifs is 2. The Morgan fingerprint density at radius 2 is 2.00 bits per heavy atom. The molecule has 0 aliphatic carbocycles. The highest BCUT2D eigenvalue weighted by Gasteiger charge is 2.45. The quantitative estimate of drug-likeness (QED) is 0.840. The third-order valence-corrected chi connectivity index (χ3v) is 5.23. The van der Waals surface area contributed by atoms with Crippen LogP contribution in [0.4, 0.5) is 0 Å². The first-order valence-electron chi connectivity index (χ1n) is 7.98. The molecular weight excluding hydrogens is 240 g/mol. The van der Waals surface area contributed by atoms with Gasteiger partial charge in [-0.3, -0.25) is 4.90 Å². The van der Waals surface area contributed by atoms with Crippen LogP contribution in [0, 0.1) is 0 Å². The number of nitrogens with zero attached hydrogens (tertiary/aromatic N) is 1. The number of ether oxygens (including phenoxy) is 2. The third kappa shape index (κ3) is 2.68. The van der Waals surface area contributed by atoms with Crippen LogP contribution in [0.15, 0.2) is 0 Å². The summed E-state index contributed by atoms with van der Waals surface area (Å²) in [5.74, 6) is 0. The summed E-state index contributed by atoms with van der Waals surface area (Å²) in [5, 5.41) is 0. The van der Waals surface area contributed by atoms with E-state index in [-0.39, 0.29) is 5.54 Å². The second kappa shape index (κ2) is 5.68. The molecule has 2 bridgehead atoms. The van der Waals surface area contributed by atoms with Crippen molar-refractivity contribution in [3.63, 3.8) is 0 Å². The standard InChI is InChI=1S/C15H28N2O2/c1-2-3-12-8-15(11-16,6-7-18-12)17-9-13-4-5-14(10-17)19-13/h12-14H,2-11,16H2,1H3. The normalized spacial score (nSPS) is 43.6. The largest absolute Gasteiger partial charge is 0.378 e. The zero-order valence-corrected chi connectivity index (χ0v) is 12.1. The van der Waals surface area contributed by atoms with E-state index in [9.17, 15) is 0 Å². The molecule has 2 N–H and O–H groups in total. The molecule has 0 aromatic carbocycles. The molecule has 3 aliphatic heterocycles. The Kier molecular flexibility index (Phi) is 4.13. The minimum absolute atomic E-state index is 0.169. The fourth-order valence-electron chi connectivity index (χ4n) is 4.11. The minimum Gasteiger partial charge on any atom is -0.378 e. The van der Waals surface area contributed by atoms with Crippen molar-refractivity contribution < 1.29 is 9.47 Å². The van der Waals surface area contributed by atoms with Crippen LogP contribution in [-0.4, -0.2) is 55.0 Å². The molecule has 110 valence electrons. The van der Waals surface area contributed by atoms with E-state index in [1.165, 1.54) is 25.7 Å². The predicted molar refractivity (Wildman–Crippen MR) is 75.1 cm³/mol. The number of rotatable bonds is 4. The van der Waals surface area contributed by atoms with Gasteiger partial charge in [0.25, 0.3) is 0 Å². The fourth-order valence-corrected chi connectivity index (χ4v) is 4.11. The Balaban J connectivity index is 1.71. The second-order valence-electron chi connectivity index (χ2n) is 6.53. The maximum absolute atomic E-state index is 6.20. The molecule has 4 unspecified atom stereocenters. The van der Waals surface area contributed by atoms with E-state index in [0.29, 0.717) is 18.3 Å². The summed E-state index contributed by atoms with van der Waals surface area (Å²) in [6.45, 7) is 6.01. The van der Waals surface area contributed by atoms with Crippen molar-refractivity contribution in [2.24, 2.45) is 5.73 Å². The van der Waals surface area contributed by atoms with Gasteiger partial charge in [-0.2, -0.15) is 0 Å². The van der Waals surface area contributed by atoms with Crippen molar-refractivity contribution in [3.05, 3.63) is 0 Å². The number of morpholine rings is 1. The Morgan fingerprint density at radius 1 is 1.26 bits per heavy atom. The van der Waals surface area contributed by atoms with Crippen LogP contribution in [0.2, 0.25) is 0 Å². The van der Waals surface area contributed by atoms with Gasteiger partial charge in [0.1, 0.15) is 0 Å². The molecule has 3 saturated heterocycles. The van der Waals surface area contributed by atoms with E-state index < -0.39 is 0 Å². The summed E-state index contributed by atoms with van der Waals surface area (Å²) in [5.41, 5.74) is 6.37. The lowest BCUT2D eigenvalue weighted by Crippen LogP contribution is -2.62. The van der Waals surface area contributed by atoms with Gasteiger partial charge in [0, 0.05) is 31.8 Å². The third-order valence-electron chi connectivity index (χ3n) is 5.23. The SMILES string of the molecule is CCCC1CC(CN)(N2CC3CCC(C2)O3)CCO1. The van der Waals surface area contributed by atoms with Crippen molar-refractivity contribution in [1.29, 1.82) is 0 Å². The molecule has 4 atom stereocenters. The topological polar surface area (TPSA) is 47.7 Å². The van der Waals surface area contributed by atoms with E-state index >= 15 is 0 Å². The maximum Gasteiger partial charge on any atom is 0.0707 e. The number of hydrogen-bond donors (Lipinski definition) is 1. The fraction of sp³-hybridized carbons (Fsp3) is 1.00. The minimum atomic E-state index is 0.169. The van der Waals surface area contributed by atoms with Crippen LogP contribution in [0.25, 0.3) is 0 Å². The number of hydrogen-bond acceptors (Lipinski definition) is 4. The first-order valence-corrected chi connectivity index (χ1v) is 7.98. The second-order valence-corrected chi connectivity index (χ2v) is 6.53.